The van der Waals surface area contributed by atoms with Crippen LogP contribution in [0.5, 0.6) is 5.75 Å². The van der Waals surface area contributed by atoms with Crippen LogP contribution in [0.2, 0.25) is 0 Å². The van der Waals surface area contributed by atoms with Crippen LogP contribution in [0.4, 0.5) is 0 Å². The van der Waals surface area contributed by atoms with E-state index in [1.54, 1.807) is 41.1 Å². The van der Waals surface area contributed by atoms with Crippen LogP contribution in [-0.4, -0.2) is 52.2 Å². The molecule has 0 saturated heterocycles. The van der Waals surface area contributed by atoms with Gasteiger partial charge in [0.2, 0.25) is 15.9 Å². The summed E-state index contributed by atoms with van der Waals surface area (Å²) < 4.78 is 38.5. The van der Waals surface area contributed by atoms with Crippen LogP contribution in [0.1, 0.15) is 10.4 Å². The number of ether oxygens (including phenoxy) is 2. The summed E-state index contributed by atoms with van der Waals surface area (Å²) in [5.41, 5.74) is 1.09. The Morgan fingerprint density at radius 1 is 1.00 bits per heavy atom. The van der Waals surface area contributed by atoms with E-state index in [0.29, 0.717) is 16.7 Å². The topological polar surface area (TPSA) is 116 Å². The van der Waals surface area contributed by atoms with Crippen molar-refractivity contribution in [2.45, 2.75) is 11.4 Å². The molecule has 0 spiro atoms. The van der Waals surface area contributed by atoms with Gasteiger partial charge >= 0.3 is 5.97 Å². The van der Waals surface area contributed by atoms with E-state index >= 15 is 0 Å². The fourth-order valence-electron chi connectivity index (χ4n) is 3.09. The first-order valence-electron chi connectivity index (χ1n) is 9.42. The average molecular weight is 445 g/mol. The summed E-state index contributed by atoms with van der Waals surface area (Å²) in [5, 5.41) is 3.36. The lowest BCUT2D eigenvalue weighted by Crippen LogP contribution is -2.36. The lowest BCUT2D eigenvalue weighted by molar-refractivity contribution is -0.121. The van der Waals surface area contributed by atoms with Crippen molar-refractivity contribution >= 4 is 32.8 Å². The van der Waals surface area contributed by atoms with Crippen molar-refractivity contribution < 1.29 is 27.5 Å². The van der Waals surface area contributed by atoms with Crippen LogP contribution >= 0.6 is 0 Å². The molecule has 0 radical (unpaired) electrons. The van der Waals surface area contributed by atoms with Crippen molar-refractivity contribution in [1.82, 2.24) is 14.6 Å². The minimum atomic E-state index is -3.69. The van der Waals surface area contributed by atoms with Crippen molar-refractivity contribution in [2.75, 3.05) is 27.3 Å². The van der Waals surface area contributed by atoms with Crippen molar-refractivity contribution in [1.29, 1.82) is 0 Å². The smallest absolute Gasteiger partial charge is 0.340 e. The predicted molar refractivity (Wildman–Crippen MR) is 114 cm³/mol. The maximum Gasteiger partial charge on any atom is 0.340 e. The maximum absolute atomic E-state index is 12.3. The standard InChI is InChI=1S/C21H23N3O6S/c1-29-15-7-9-16(10-8-15)31(27,28)23-12-11-22-20(25)14-24-13-18(21(26)30-2)17-5-3-4-6-19(17)24/h3-10,13,23H,11-12,14H2,1-2H3,(H,22,25). The van der Waals surface area contributed by atoms with E-state index in [4.69, 9.17) is 9.47 Å². The third kappa shape index (κ3) is 5.22. The lowest BCUT2D eigenvalue weighted by atomic mass is 10.2. The van der Waals surface area contributed by atoms with Crippen molar-refractivity contribution in [2.24, 2.45) is 0 Å². The van der Waals surface area contributed by atoms with Gasteiger partial charge in [-0.3, -0.25) is 4.79 Å². The van der Waals surface area contributed by atoms with E-state index in [2.05, 4.69) is 10.0 Å². The minimum Gasteiger partial charge on any atom is -0.497 e. The fraction of sp³-hybridized carbons (Fsp3) is 0.238. The number of esters is 1. The van der Waals surface area contributed by atoms with Gasteiger partial charge in [-0.25, -0.2) is 17.9 Å². The van der Waals surface area contributed by atoms with Crippen LogP contribution < -0.4 is 14.8 Å². The molecule has 1 heterocycles. The normalized spacial score (nSPS) is 11.3. The summed E-state index contributed by atoms with van der Waals surface area (Å²) in [4.78, 5) is 24.4. The van der Waals surface area contributed by atoms with Gasteiger partial charge in [0.25, 0.3) is 0 Å². The number of amides is 1. The monoisotopic (exact) mass is 445 g/mol. The molecule has 0 fully saturated rings. The van der Waals surface area contributed by atoms with E-state index in [-0.39, 0.29) is 30.4 Å². The molecule has 0 saturated carbocycles. The molecular formula is C21H23N3O6S. The van der Waals surface area contributed by atoms with Gasteiger partial charge in [-0.1, -0.05) is 18.2 Å². The van der Waals surface area contributed by atoms with Gasteiger partial charge in [0.15, 0.2) is 0 Å². The summed E-state index contributed by atoms with van der Waals surface area (Å²) in [6.07, 6.45) is 1.57. The zero-order chi connectivity index (χ0) is 22.4. The molecule has 3 aromatic rings. The molecule has 3 rings (SSSR count). The number of hydrogen-bond donors (Lipinski definition) is 2. The number of nitrogens with one attached hydrogen (secondary N) is 2. The Bertz CT molecular complexity index is 1190. The zero-order valence-electron chi connectivity index (χ0n) is 17.1. The molecule has 0 unspecified atom stereocenters. The highest BCUT2D eigenvalue weighted by Crippen LogP contribution is 2.22. The molecule has 2 aromatic carbocycles. The highest BCUT2D eigenvalue weighted by atomic mass is 32.2. The van der Waals surface area contributed by atoms with E-state index in [1.807, 2.05) is 6.07 Å². The van der Waals surface area contributed by atoms with Crippen LogP contribution in [0, 0.1) is 0 Å². The molecular weight excluding hydrogens is 422 g/mol. The SMILES string of the molecule is COC(=O)c1cn(CC(=O)NCCNS(=O)(=O)c2ccc(OC)cc2)c2ccccc12. The Morgan fingerprint density at radius 2 is 1.71 bits per heavy atom. The summed E-state index contributed by atoms with van der Waals surface area (Å²) in [5.74, 6) is -0.247. The summed E-state index contributed by atoms with van der Waals surface area (Å²) in [7, 11) is -0.896. The quantitative estimate of drug-likeness (QED) is 0.381. The van der Waals surface area contributed by atoms with E-state index < -0.39 is 16.0 Å². The number of fused-ring (bicyclic) bond motifs is 1. The first-order chi connectivity index (χ1) is 14.9. The third-order valence-electron chi connectivity index (χ3n) is 4.62. The molecule has 0 aliphatic rings. The number of hydrogen-bond acceptors (Lipinski definition) is 6. The predicted octanol–water partition coefficient (Wildman–Crippen LogP) is 1.53. The molecule has 10 heteroatoms. The number of benzene rings is 2. The second-order valence-electron chi connectivity index (χ2n) is 6.60. The Balaban J connectivity index is 1.56. The van der Waals surface area contributed by atoms with E-state index in [0.717, 1.165) is 5.52 Å². The van der Waals surface area contributed by atoms with Gasteiger partial charge in [-0.2, -0.15) is 0 Å². The molecule has 9 nitrogen and oxygen atoms in total. The third-order valence-corrected chi connectivity index (χ3v) is 6.09. The van der Waals surface area contributed by atoms with Crippen LogP contribution in [0.25, 0.3) is 10.9 Å². The molecule has 0 atom stereocenters. The van der Waals surface area contributed by atoms with Crippen LogP contribution in [0.3, 0.4) is 0 Å². The van der Waals surface area contributed by atoms with Gasteiger partial charge < -0.3 is 19.4 Å². The first kappa shape index (κ1) is 22.3. The first-order valence-corrected chi connectivity index (χ1v) is 10.9. The summed E-state index contributed by atoms with van der Waals surface area (Å²) in [6.45, 7) is 0.111. The van der Waals surface area contributed by atoms with Gasteiger partial charge in [0.05, 0.1) is 24.7 Å². The Labute approximate surface area is 180 Å². The number of aromatic nitrogens is 1. The number of rotatable bonds is 9. The Kier molecular flexibility index (Phi) is 6.93. The second-order valence-corrected chi connectivity index (χ2v) is 8.37. The summed E-state index contributed by atoms with van der Waals surface area (Å²) in [6, 6.07) is 13.2. The second kappa shape index (κ2) is 9.63. The van der Waals surface area contributed by atoms with Gasteiger partial charge in [0, 0.05) is 30.2 Å². The number of sulfonamides is 1. The number of methoxy groups -OCH3 is 2. The van der Waals surface area contributed by atoms with Crippen molar-refractivity contribution in [3.8, 4) is 5.75 Å². The van der Waals surface area contributed by atoms with E-state index in [1.165, 1.54) is 26.4 Å². The summed E-state index contributed by atoms with van der Waals surface area (Å²) >= 11 is 0. The Hall–Kier alpha value is -3.37. The van der Waals surface area contributed by atoms with Gasteiger partial charge in [0.1, 0.15) is 12.3 Å². The van der Waals surface area contributed by atoms with Crippen LogP contribution in [-0.2, 0) is 26.1 Å². The zero-order valence-corrected chi connectivity index (χ0v) is 17.9. The fourth-order valence-corrected chi connectivity index (χ4v) is 4.12. The lowest BCUT2D eigenvalue weighted by Gasteiger charge is -2.09. The van der Waals surface area contributed by atoms with Crippen molar-refractivity contribution in [3.63, 3.8) is 0 Å². The van der Waals surface area contributed by atoms with Gasteiger partial charge in [-0.15, -0.1) is 0 Å². The highest BCUT2D eigenvalue weighted by molar-refractivity contribution is 7.89. The molecule has 0 bridgehead atoms. The molecule has 1 aromatic heterocycles. The number of carbonyl (C=O) groups is 2. The van der Waals surface area contributed by atoms with E-state index in [9.17, 15) is 18.0 Å². The largest absolute Gasteiger partial charge is 0.497 e. The molecule has 164 valence electrons. The maximum atomic E-state index is 12.3. The highest BCUT2D eigenvalue weighted by Gasteiger charge is 2.17. The van der Waals surface area contributed by atoms with Gasteiger partial charge in [-0.05, 0) is 30.3 Å². The minimum absolute atomic E-state index is 0.0251. The molecule has 1 amide bonds. The molecule has 0 aliphatic carbocycles. The number of nitrogens with zero attached hydrogens (tertiary/aromatic N) is 1. The average Bonchev–Trinajstić information content (AvgIpc) is 3.14. The van der Waals surface area contributed by atoms with Crippen molar-refractivity contribution in [3.05, 3.63) is 60.3 Å². The number of carbonyl (C=O) groups excluding carboxylic acids is 2. The molecule has 2 N–H and O–H groups in total. The molecule has 31 heavy (non-hydrogen) atoms. The Morgan fingerprint density at radius 3 is 2.39 bits per heavy atom. The van der Waals surface area contributed by atoms with Crippen LogP contribution in [0.15, 0.2) is 59.6 Å². The number of para-hydroxylation sites is 1. The molecule has 0 aliphatic heterocycles.